The molecule has 1 rings (SSSR count). The van der Waals surface area contributed by atoms with Gasteiger partial charge in [0.25, 0.3) is 0 Å². The van der Waals surface area contributed by atoms with Gasteiger partial charge in [0, 0.05) is 52.7 Å². The lowest BCUT2D eigenvalue weighted by Crippen LogP contribution is -2.51. The highest BCUT2D eigenvalue weighted by Gasteiger charge is 2.33. The number of nitrogens with zero attached hydrogens (tertiary/aromatic N) is 1. The van der Waals surface area contributed by atoms with E-state index in [-0.39, 0.29) is 19.6 Å². The van der Waals surface area contributed by atoms with Crippen molar-refractivity contribution in [2.24, 2.45) is 5.73 Å². The van der Waals surface area contributed by atoms with Gasteiger partial charge in [0.05, 0.1) is 5.60 Å². The fourth-order valence-electron chi connectivity index (χ4n) is 1.86. The number of hydrogen-bond donors (Lipinski definition) is 3. The molecule has 2 amide bonds. The Kier molecular flexibility index (Phi) is 5.52. The van der Waals surface area contributed by atoms with Gasteiger partial charge in [0.1, 0.15) is 0 Å². The summed E-state index contributed by atoms with van der Waals surface area (Å²) in [6, 6.07) is 0. The van der Waals surface area contributed by atoms with Gasteiger partial charge in [-0.3, -0.25) is 9.59 Å². The second-order valence-corrected chi connectivity index (χ2v) is 4.54. The van der Waals surface area contributed by atoms with Crippen LogP contribution in [0.1, 0.15) is 12.8 Å². The standard InChI is InChI=1S/C11H21N3O4/c1-14(10(16)9(15)13-5-4-12)8-11(17)2-6-18-7-3-11/h17H,2-8,12H2,1H3,(H,13,15). The Morgan fingerprint density at radius 2 is 2.06 bits per heavy atom. The molecule has 4 N–H and O–H groups in total. The number of hydrogen-bond acceptors (Lipinski definition) is 5. The maximum absolute atomic E-state index is 11.7. The molecular weight excluding hydrogens is 238 g/mol. The first-order chi connectivity index (χ1) is 8.48. The zero-order valence-electron chi connectivity index (χ0n) is 10.6. The van der Waals surface area contributed by atoms with E-state index in [2.05, 4.69) is 5.32 Å². The molecule has 104 valence electrons. The normalized spacial score (nSPS) is 18.2. The lowest BCUT2D eigenvalue weighted by Gasteiger charge is -2.35. The third kappa shape index (κ3) is 4.25. The first kappa shape index (κ1) is 14.9. The van der Waals surface area contributed by atoms with E-state index in [1.807, 2.05) is 0 Å². The highest BCUT2D eigenvalue weighted by molar-refractivity contribution is 6.34. The molecule has 1 fully saturated rings. The molecule has 0 bridgehead atoms. The van der Waals surface area contributed by atoms with Gasteiger partial charge in [-0.1, -0.05) is 0 Å². The van der Waals surface area contributed by atoms with Crippen molar-refractivity contribution in [1.82, 2.24) is 10.2 Å². The smallest absolute Gasteiger partial charge is 0.311 e. The molecule has 0 unspecified atom stereocenters. The minimum atomic E-state index is -0.962. The fraction of sp³-hybridized carbons (Fsp3) is 0.818. The number of carbonyl (C=O) groups excluding carboxylic acids is 2. The van der Waals surface area contributed by atoms with Gasteiger partial charge in [0.15, 0.2) is 0 Å². The molecule has 0 spiro atoms. The monoisotopic (exact) mass is 259 g/mol. The van der Waals surface area contributed by atoms with Gasteiger partial charge in [0.2, 0.25) is 0 Å². The number of nitrogens with one attached hydrogen (secondary N) is 1. The van der Waals surface area contributed by atoms with Crippen molar-refractivity contribution in [3.63, 3.8) is 0 Å². The molecule has 1 heterocycles. The van der Waals surface area contributed by atoms with Crippen molar-refractivity contribution in [2.75, 3.05) is 39.9 Å². The first-order valence-electron chi connectivity index (χ1n) is 6.02. The van der Waals surface area contributed by atoms with Gasteiger partial charge in [-0.05, 0) is 0 Å². The summed E-state index contributed by atoms with van der Waals surface area (Å²) in [6.45, 7) is 1.61. The number of ether oxygens (including phenoxy) is 1. The number of carbonyl (C=O) groups is 2. The Bertz CT molecular complexity index is 303. The van der Waals surface area contributed by atoms with Crippen LogP contribution in [0.25, 0.3) is 0 Å². The molecule has 7 nitrogen and oxygen atoms in total. The van der Waals surface area contributed by atoms with Gasteiger partial charge in [-0.15, -0.1) is 0 Å². The molecule has 0 aromatic rings. The molecule has 0 aromatic heterocycles. The van der Waals surface area contributed by atoms with Crippen LogP contribution in [0, 0.1) is 0 Å². The summed E-state index contributed by atoms with van der Waals surface area (Å²) < 4.78 is 5.15. The Labute approximate surface area is 106 Å². The van der Waals surface area contributed by atoms with E-state index in [1.54, 1.807) is 0 Å². The van der Waals surface area contributed by atoms with Gasteiger partial charge < -0.3 is 25.8 Å². The molecular formula is C11H21N3O4. The Morgan fingerprint density at radius 3 is 2.61 bits per heavy atom. The predicted molar refractivity (Wildman–Crippen MR) is 64.7 cm³/mol. The molecule has 0 saturated carbocycles. The van der Waals surface area contributed by atoms with Crippen LogP contribution < -0.4 is 11.1 Å². The fourth-order valence-corrected chi connectivity index (χ4v) is 1.86. The molecule has 0 radical (unpaired) electrons. The molecule has 1 saturated heterocycles. The van der Waals surface area contributed by atoms with Crippen LogP contribution in [0.5, 0.6) is 0 Å². The minimum Gasteiger partial charge on any atom is -0.388 e. The average molecular weight is 259 g/mol. The number of amides is 2. The van der Waals surface area contributed by atoms with Crippen molar-refractivity contribution in [1.29, 1.82) is 0 Å². The zero-order valence-corrected chi connectivity index (χ0v) is 10.6. The molecule has 18 heavy (non-hydrogen) atoms. The molecule has 0 atom stereocenters. The molecule has 1 aliphatic heterocycles. The van der Waals surface area contributed by atoms with E-state index >= 15 is 0 Å². The van der Waals surface area contributed by atoms with Crippen molar-refractivity contribution >= 4 is 11.8 Å². The first-order valence-corrected chi connectivity index (χ1v) is 6.02. The number of likely N-dealkylation sites (N-methyl/N-ethyl adjacent to an activating group) is 1. The molecule has 0 aromatic carbocycles. The van der Waals surface area contributed by atoms with Crippen LogP contribution in [0.3, 0.4) is 0 Å². The largest absolute Gasteiger partial charge is 0.388 e. The van der Waals surface area contributed by atoms with E-state index in [4.69, 9.17) is 10.5 Å². The number of nitrogens with two attached hydrogens (primary N) is 1. The van der Waals surface area contributed by atoms with Crippen molar-refractivity contribution in [3.05, 3.63) is 0 Å². The van der Waals surface area contributed by atoms with Crippen LogP contribution in [0.2, 0.25) is 0 Å². The quantitative estimate of drug-likeness (QED) is 0.510. The minimum absolute atomic E-state index is 0.130. The third-order valence-corrected chi connectivity index (χ3v) is 2.93. The summed E-state index contributed by atoms with van der Waals surface area (Å²) in [7, 11) is 1.50. The summed E-state index contributed by atoms with van der Waals surface area (Å²) in [5.74, 6) is -1.36. The third-order valence-electron chi connectivity index (χ3n) is 2.93. The summed E-state index contributed by atoms with van der Waals surface area (Å²) in [6.07, 6.45) is 0.935. The lowest BCUT2D eigenvalue weighted by molar-refractivity contribution is -0.148. The lowest BCUT2D eigenvalue weighted by atomic mass is 9.94. The maximum Gasteiger partial charge on any atom is 0.311 e. The van der Waals surface area contributed by atoms with E-state index in [0.717, 1.165) is 0 Å². The van der Waals surface area contributed by atoms with E-state index in [9.17, 15) is 14.7 Å². The van der Waals surface area contributed by atoms with Crippen LogP contribution in [-0.2, 0) is 14.3 Å². The second-order valence-electron chi connectivity index (χ2n) is 4.54. The Balaban J connectivity index is 2.45. The topological polar surface area (TPSA) is 105 Å². The van der Waals surface area contributed by atoms with E-state index < -0.39 is 17.4 Å². The van der Waals surface area contributed by atoms with E-state index in [1.165, 1.54) is 11.9 Å². The van der Waals surface area contributed by atoms with Crippen molar-refractivity contribution in [2.45, 2.75) is 18.4 Å². The number of aliphatic hydroxyl groups is 1. The van der Waals surface area contributed by atoms with Gasteiger partial charge in [-0.25, -0.2) is 0 Å². The highest BCUT2D eigenvalue weighted by atomic mass is 16.5. The van der Waals surface area contributed by atoms with Crippen LogP contribution in [-0.4, -0.2) is 67.3 Å². The summed E-state index contributed by atoms with van der Waals surface area (Å²) in [4.78, 5) is 24.4. The Morgan fingerprint density at radius 1 is 1.44 bits per heavy atom. The molecule has 0 aliphatic carbocycles. The molecule has 1 aliphatic rings. The summed E-state index contributed by atoms with van der Waals surface area (Å²) >= 11 is 0. The van der Waals surface area contributed by atoms with Gasteiger partial charge in [-0.2, -0.15) is 0 Å². The Hall–Kier alpha value is -1.18. The van der Waals surface area contributed by atoms with Crippen molar-refractivity contribution < 1.29 is 19.4 Å². The number of rotatable bonds is 4. The summed E-state index contributed by atoms with van der Waals surface area (Å²) in [5, 5.41) is 12.6. The summed E-state index contributed by atoms with van der Waals surface area (Å²) in [5.41, 5.74) is 4.27. The van der Waals surface area contributed by atoms with Crippen LogP contribution in [0.15, 0.2) is 0 Å². The highest BCUT2D eigenvalue weighted by Crippen LogP contribution is 2.21. The van der Waals surface area contributed by atoms with Crippen LogP contribution >= 0.6 is 0 Å². The maximum atomic E-state index is 11.7. The van der Waals surface area contributed by atoms with Gasteiger partial charge >= 0.3 is 11.8 Å². The van der Waals surface area contributed by atoms with Crippen molar-refractivity contribution in [3.8, 4) is 0 Å². The second kappa shape index (κ2) is 6.67. The van der Waals surface area contributed by atoms with Crippen LogP contribution in [0.4, 0.5) is 0 Å². The van der Waals surface area contributed by atoms with E-state index in [0.29, 0.717) is 26.1 Å². The predicted octanol–water partition coefficient (Wildman–Crippen LogP) is -1.94. The SMILES string of the molecule is CN(CC1(O)CCOCC1)C(=O)C(=O)NCCN. The average Bonchev–Trinajstić information content (AvgIpc) is 2.35. The zero-order chi connectivity index (χ0) is 13.6. The molecule has 7 heteroatoms.